The molecule has 1 saturated carbocycles. The summed E-state index contributed by atoms with van der Waals surface area (Å²) in [6, 6.07) is 9.56. The van der Waals surface area contributed by atoms with Crippen LogP contribution in [0.25, 0.3) is 6.08 Å². The zero-order valence-electron chi connectivity index (χ0n) is 10.8. The average molecular weight is 265 g/mol. The number of rotatable bonds is 5. The maximum atomic E-state index is 12.1. The van der Waals surface area contributed by atoms with Crippen molar-refractivity contribution in [2.75, 3.05) is 7.05 Å². The monoisotopic (exact) mass is 265 g/mol. The van der Waals surface area contributed by atoms with Gasteiger partial charge >= 0.3 is 0 Å². The molecule has 2 rings (SSSR count). The fraction of sp³-hybridized carbons (Fsp3) is 0.429. The fourth-order valence-corrected chi connectivity index (χ4v) is 3.09. The minimum Gasteiger partial charge on any atom is -0.208 e. The van der Waals surface area contributed by atoms with E-state index in [4.69, 9.17) is 0 Å². The summed E-state index contributed by atoms with van der Waals surface area (Å²) >= 11 is 0. The smallest absolute Gasteiger partial charge is 0.208 e. The van der Waals surface area contributed by atoms with Gasteiger partial charge in [-0.25, -0.2) is 8.42 Å². The lowest BCUT2D eigenvalue weighted by Crippen LogP contribution is -2.35. The second-order valence-corrected chi connectivity index (χ2v) is 6.73. The first-order valence-electron chi connectivity index (χ1n) is 6.22. The highest BCUT2D eigenvalue weighted by Crippen LogP contribution is 2.35. The van der Waals surface area contributed by atoms with Crippen molar-refractivity contribution in [3.63, 3.8) is 0 Å². The van der Waals surface area contributed by atoms with Crippen LogP contribution in [0.3, 0.4) is 0 Å². The number of hydrogen-bond donors (Lipinski definition) is 0. The van der Waals surface area contributed by atoms with Crippen molar-refractivity contribution in [3.8, 4) is 0 Å². The molecule has 0 heterocycles. The van der Waals surface area contributed by atoms with Gasteiger partial charge in [0.15, 0.2) is 0 Å². The highest BCUT2D eigenvalue weighted by atomic mass is 32.2. The average Bonchev–Trinajstić information content (AvgIpc) is 3.20. The van der Waals surface area contributed by atoms with Crippen LogP contribution in [-0.2, 0) is 10.0 Å². The molecule has 0 spiro atoms. The number of hydrogen-bond acceptors (Lipinski definition) is 2. The van der Waals surface area contributed by atoms with E-state index in [0.29, 0.717) is 5.92 Å². The van der Waals surface area contributed by atoms with Crippen molar-refractivity contribution < 1.29 is 8.42 Å². The maximum Gasteiger partial charge on any atom is 0.236 e. The molecule has 0 aliphatic heterocycles. The zero-order chi connectivity index (χ0) is 13.2. The molecule has 4 heteroatoms. The molecule has 1 aliphatic rings. The Morgan fingerprint density at radius 3 is 2.44 bits per heavy atom. The summed E-state index contributed by atoms with van der Waals surface area (Å²) in [5.74, 6) is 0.537. The van der Waals surface area contributed by atoms with Gasteiger partial charge in [-0.3, -0.25) is 0 Å². The van der Waals surface area contributed by atoms with Crippen molar-refractivity contribution in [3.05, 3.63) is 41.3 Å². The molecule has 3 nitrogen and oxygen atoms in total. The van der Waals surface area contributed by atoms with Crippen LogP contribution in [0.1, 0.15) is 25.3 Å². The molecule has 1 aliphatic carbocycles. The lowest BCUT2D eigenvalue weighted by Gasteiger charge is -2.22. The fourth-order valence-electron chi connectivity index (χ4n) is 1.93. The third-order valence-electron chi connectivity index (χ3n) is 3.51. The summed E-state index contributed by atoms with van der Waals surface area (Å²) in [6.45, 7) is 1.98. The molecule has 0 N–H and O–H groups in total. The van der Waals surface area contributed by atoms with E-state index >= 15 is 0 Å². The van der Waals surface area contributed by atoms with E-state index in [1.165, 1.54) is 9.71 Å². The summed E-state index contributed by atoms with van der Waals surface area (Å²) in [4.78, 5) is 0. The van der Waals surface area contributed by atoms with Crippen LogP contribution >= 0.6 is 0 Å². The van der Waals surface area contributed by atoms with Gasteiger partial charge in [0.05, 0.1) is 0 Å². The largest absolute Gasteiger partial charge is 0.236 e. The third kappa shape index (κ3) is 3.21. The second kappa shape index (κ2) is 5.24. The first-order chi connectivity index (χ1) is 8.50. The van der Waals surface area contributed by atoms with Crippen molar-refractivity contribution >= 4 is 16.1 Å². The molecule has 0 aromatic heterocycles. The molecule has 1 fully saturated rings. The van der Waals surface area contributed by atoms with Crippen molar-refractivity contribution in [2.45, 2.75) is 25.8 Å². The molecule has 0 radical (unpaired) electrons. The Hall–Kier alpha value is -1.13. The minimum atomic E-state index is -3.31. The molecule has 1 unspecified atom stereocenters. The summed E-state index contributed by atoms with van der Waals surface area (Å²) in [7, 11) is -1.65. The minimum absolute atomic E-state index is 0.0930. The summed E-state index contributed by atoms with van der Waals surface area (Å²) in [5, 5.41) is 1.29. The summed E-state index contributed by atoms with van der Waals surface area (Å²) in [5.41, 5.74) is 0.897. The van der Waals surface area contributed by atoms with E-state index in [0.717, 1.165) is 18.4 Å². The van der Waals surface area contributed by atoms with Gasteiger partial charge < -0.3 is 0 Å². The van der Waals surface area contributed by atoms with Gasteiger partial charge in [0.2, 0.25) is 10.0 Å². The highest BCUT2D eigenvalue weighted by molar-refractivity contribution is 7.92. The molecular formula is C14H19NO2S. The van der Waals surface area contributed by atoms with E-state index in [-0.39, 0.29) is 6.04 Å². The van der Waals surface area contributed by atoms with Crippen LogP contribution in [0.15, 0.2) is 35.7 Å². The Morgan fingerprint density at radius 1 is 1.28 bits per heavy atom. The molecule has 0 saturated heterocycles. The Balaban J connectivity index is 2.09. The molecule has 1 atom stereocenters. The Labute approximate surface area is 109 Å². The second-order valence-electron chi connectivity index (χ2n) is 4.85. The van der Waals surface area contributed by atoms with Crippen molar-refractivity contribution in [1.29, 1.82) is 0 Å². The van der Waals surface area contributed by atoms with Crippen LogP contribution in [-0.4, -0.2) is 25.8 Å². The first kappa shape index (κ1) is 13.3. The van der Waals surface area contributed by atoms with Crippen LogP contribution in [0.2, 0.25) is 0 Å². The lowest BCUT2D eigenvalue weighted by molar-refractivity contribution is 0.361. The SMILES string of the molecule is CC(C1CC1)N(C)S(=O)(=O)/C=C/c1ccccc1. The van der Waals surface area contributed by atoms with Gasteiger partial charge in [0, 0.05) is 18.5 Å². The first-order valence-corrected chi connectivity index (χ1v) is 7.72. The molecular weight excluding hydrogens is 246 g/mol. The van der Waals surface area contributed by atoms with Crippen LogP contribution in [0.5, 0.6) is 0 Å². The molecule has 0 bridgehead atoms. The molecule has 98 valence electrons. The van der Waals surface area contributed by atoms with E-state index in [2.05, 4.69) is 0 Å². The van der Waals surface area contributed by atoms with E-state index in [9.17, 15) is 8.42 Å². The van der Waals surface area contributed by atoms with E-state index in [1.54, 1.807) is 13.1 Å². The molecule has 18 heavy (non-hydrogen) atoms. The van der Waals surface area contributed by atoms with Gasteiger partial charge in [-0.1, -0.05) is 30.3 Å². The highest BCUT2D eigenvalue weighted by Gasteiger charge is 2.34. The lowest BCUT2D eigenvalue weighted by atomic mass is 10.2. The maximum absolute atomic E-state index is 12.1. The predicted molar refractivity (Wildman–Crippen MR) is 74.3 cm³/mol. The van der Waals surface area contributed by atoms with E-state index in [1.807, 2.05) is 37.3 Å². The predicted octanol–water partition coefficient (Wildman–Crippen LogP) is 2.72. The van der Waals surface area contributed by atoms with Crippen molar-refractivity contribution in [1.82, 2.24) is 4.31 Å². The van der Waals surface area contributed by atoms with Gasteiger partial charge in [-0.2, -0.15) is 4.31 Å². The van der Waals surface area contributed by atoms with Gasteiger partial charge in [0.1, 0.15) is 0 Å². The van der Waals surface area contributed by atoms with Crippen molar-refractivity contribution in [2.24, 2.45) is 5.92 Å². The van der Waals surface area contributed by atoms with Gasteiger partial charge in [-0.15, -0.1) is 0 Å². The van der Waals surface area contributed by atoms with E-state index < -0.39 is 10.0 Å². The van der Waals surface area contributed by atoms with Gasteiger partial charge in [-0.05, 0) is 37.3 Å². The summed E-state index contributed by atoms with van der Waals surface area (Å²) < 4.78 is 25.7. The molecule has 1 aromatic carbocycles. The summed E-state index contributed by atoms with van der Waals surface area (Å²) in [6.07, 6.45) is 3.93. The number of sulfonamides is 1. The quantitative estimate of drug-likeness (QED) is 0.821. The Morgan fingerprint density at radius 2 is 1.89 bits per heavy atom. The zero-order valence-corrected chi connectivity index (χ0v) is 11.6. The van der Waals surface area contributed by atoms with Gasteiger partial charge in [0.25, 0.3) is 0 Å². The Kier molecular flexibility index (Phi) is 3.88. The molecule has 1 aromatic rings. The molecule has 0 amide bonds. The third-order valence-corrected chi connectivity index (χ3v) is 5.13. The normalized spacial score (nSPS) is 18.4. The van der Waals surface area contributed by atoms with Crippen LogP contribution < -0.4 is 0 Å². The number of nitrogens with zero attached hydrogens (tertiary/aromatic N) is 1. The van der Waals surface area contributed by atoms with Crippen LogP contribution in [0.4, 0.5) is 0 Å². The Bertz CT molecular complexity index is 518. The number of benzene rings is 1. The topological polar surface area (TPSA) is 37.4 Å². The standard InChI is InChI=1S/C14H19NO2S/c1-12(14-8-9-14)15(2)18(16,17)11-10-13-6-4-3-5-7-13/h3-7,10-12,14H,8-9H2,1-2H3/b11-10+. The van der Waals surface area contributed by atoms with Crippen LogP contribution in [0, 0.1) is 5.92 Å².